The zero-order chi connectivity index (χ0) is 23.5. The molecule has 4 nitrogen and oxygen atoms in total. The fourth-order valence-electron chi connectivity index (χ4n) is 8.00. The van der Waals surface area contributed by atoms with E-state index < -0.39 is 5.60 Å². The van der Waals surface area contributed by atoms with Crippen molar-refractivity contribution in [2.45, 2.75) is 83.3 Å². The number of halogens is 1. The summed E-state index contributed by atoms with van der Waals surface area (Å²) >= 11 is 0. The van der Waals surface area contributed by atoms with Gasteiger partial charge in [-0.05, 0) is 91.5 Å². The highest BCUT2D eigenvalue weighted by atomic mass is 19.1. The topological polar surface area (TPSA) is 67.5 Å². The maximum absolute atomic E-state index is 15.0. The van der Waals surface area contributed by atoms with Gasteiger partial charge in [0.25, 0.3) is 0 Å². The van der Waals surface area contributed by atoms with Crippen molar-refractivity contribution in [1.82, 2.24) is 5.06 Å². The maximum atomic E-state index is 15.0. The van der Waals surface area contributed by atoms with Crippen molar-refractivity contribution in [3.63, 3.8) is 0 Å². The normalized spacial score (nSPS) is 39.4. The van der Waals surface area contributed by atoms with Crippen molar-refractivity contribution >= 4 is 0 Å². The molecule has 1 aromatic carbocycles. The number of aliphatic hydroxyl groups is 1. The summed E-state index contributed by atoms with van der Waals surface area (Å²) in [5.41, 5.74) is 2.14. The second-order valence-corrected chi connectivity index (χ2v) is 11.2. The van der Waals surface area contributed by atoms with E-state index in [1.165, 1.54) is 5.06 Å². The third kappa shape index (κ3) is 3.29. The van der Waals surface area contributed by atoms with Gasteiger partial charge in [0, 0.05) is 18.0 Å². The summed E-state index contributed by atoms with van der Waals surface area (Å²) in [6, 6.07) is 5.58. The summed E-state index contributed by atoms with van der Waals surface area (Å²) < 4.78 is 15.0. The van der Waals surface area contributed by atoms with Crippen LogP contribution in [-0.2, 0) is 6.42 Å². The highest BCUT2D eigenvalue weighted by Crippen LogP contribution is 2.67. The van der Waals surface area contributed by atoms with Crippen molar-refractivity contribution in [2.75, 3.05) is 0 Å². The van der Waals surface area contributed by atoms with Gasteiger partial charge in [-0.15, -0.1) is 0 Å². The molecule has 0 aromatic heterocycles. The second-order valence-electron chi connectivity index (χ2n) is 11.2. The van der Waals surface area contributed by atoms with Gasteiger partial charge in [0.2, 0.25) is 0 Å². The SMILES string of the molecule is CC[C@H]1C[C@@]2(C)C(CC[C@@]2(O)CC2=CC(C)N(O)C=C2)C2CCc3c(ccc(C#N)c3F)C21. The number of hydroxylamine groups is 2. The molecular weight excluding hydrogens is 415 g/mol. The maximum Gasteiger partial charge on any atom is 0.144 e. The Morgan fingerprint density at radius 3 is 2.79 bits per heavy atom. The molecule has 5 heteroatoms. The van der Waals surface area contributed by atoms with Crippen LogP contribution in [-0.4, -0.2) is 27.0 Å². The average molecular weight is 451 g/mol. The first kappa shape index (κ1) is 22.6. The zero-order valence-electron chi connectivity index (χ0n) is 19.9. The van der Waals surface area contributed by atoms with Gasteiger partial charge >= 0.3 is 0 Å². The number of hydrogen-bond donors (Lipinski definition) is 2. The molecule has 5 rings (SSSR count). The van der Waals surface area contributed by atoms with Gasteiger partial charge in [-0.3, -0.25) is 10.3 Å². The summed E-state index contributed by atoms with van der Waals surface area (Å²) in [7, 11) is 0. The number of nitriles is 1. The van der Waals surface area contributed by atoms with Gasteiger partial charge in [-0.2, -0.15) is 5.26 Å². The van der Waals surface area contributed by atoms with Crippen molar-refractivity contribution in [1.29, 1.82) is 5.26 Å². The molecule has 1 heterocycles. The Hall–Kier alpha value is -2.16. The van der Waals surface area contributed by atoms with Crippen LogP contribution in [0.1, 0.15) is 81.9 Å². The molecule has 176 valence electrons. The van der Waals surface area contributed by atoms with Gasteiger partial charge < -0.3 is 5.11 Å². The number of benzene rings is 1. The molecule has 0 saturated heterocycles. The summed E-state index contributed by atoms with van der Waals surface area (Å²) in [6.45, 7) is 6.46. The molecule has 0 amide bonds. The molecule has 0 bridgehead atoms. The Bertz CT molecular complexity index is 1060. The van der Waals surface area contributed by atoms with Crippen LogP contribution in [0.5, 0.6) is 0 Å². The van der Waals surface area contributed by atoms with Crippen LogP contribution in [0.25, 0.3) is 0 Å². The lowest BCUT2D eigenvalue weighted by molar-refractivity contribution is -0.117. The summed E-state index contributed by atoms with van der Waals surface area (Å²) in [6.07, 6.45) is 11.6. The number of hydrogen-bond acceptors (Lipinski definition) is 4. The van der Waals surface area contributed by atoms with Crippen molar-refractivity contribution in [2.24, 2.45) is 23.2 Å². The standard InChI is InChI=1S/C28H35FN2O2/c1-4-19-15-27(3)24(9-11-28(27,32)14-18-10-12-31(33)17(2)13-18)23-8-7-22-21(25(19)23)6-5-20(16-30)26(22)29/h5-6,10,12-13,17,19,23-25,32-33H,4,7-9,11,14-15H2,1-3H3/t17?,19-,23?,24?,25?,27-,28+/m0/s1. The third-order valence-corrected chi connectivity index (χ3v) is 9.74. The molecule has 7 atom stereocenters. The first-order valence-corrected chi connectivity index (χ1v) is 12.5. The van der Waals surface area contributed by atoms with Crippen LogP contribution in [0.3, 0.4) is 0 Å². The number of nitrogens with zero attached hydrogens (tertiary/aromatic N) is 2. The van der Waals surface area contributed by atoms with Crippen LogP contribution in [0.4, 0.5) is 4.39 Å². The van der Waals surface area contributed by atoms with Crippen molar-refractivity contribution in [3.05, 3.63) is 58.6 Å². The van der Waals surface area contributed by atoms with Crippen LogP contribution >= 0.6 is 0 Å². The average Bonchev–Trinajstić information content (AvgIpc) is 3.06. The van der Waals surface area contributed by atoms with Crippen molar-refractivity contribution < 1.29 is 14.7 Å². The molecule has 2 saturated carbocycles. The highest BCUT2D eigenvalue weighted by molar-refractivity contribution is 5.44. The molecule has 1 aliphatic heterocycles. The summed E-state index contributed by atoms with van der Waals surface area (Å²) in [4.78, 5) is 0. The van der Waals surface area contributed by atoms with Crippen LogP contribution in [0, 0.1) is 40.3 Å². The fraction of sp³-hybridized carbons (Fsp3) is 0.607. The Balaban J connectivity index is 1.49. The van der Waals surface area contributed by atoms with Gasteiger partial charge in [-0.1, -0.05) is 32.4 Å². The minimum atomic E-state index is -0.778. The lowest BCUT2D eigenvalue weighted by Crippen LogP contribution is -2.53. The Morgan fingerprint density at radius 2 is 2.09 bits per heavy atom. The molecule has 2 fully saturated rings. The predicted octanol–water partition coefficient (Wildman–Crippen LogP) is 5.84. The van der Waals surface area contributed by atoms with E-state index in [1.807, 2.05) is 31.2 Å². The van der Waals surface area contributed by atoms with E-state index in [0.717, 1.165) is 48.8 Å². The first-order chi connectivity index (χ1) is 15.7. The lowest BCUT2D eigenvalue weighted by Gasteiger charge is -2.56. The number of fused-ring (bicyclic) bond motifs is 5. The van der Waals surface area contributed by atoms with E-state index in [0.29, 0.717) is 36.5 Å². The summed E-state index contributed by atoms with van der Waals surface area (Å²) in [5.74, 6) is 1.21. The summed E-state index contributed by atoms with van der Waals surface area (Å²) in [5, 5.41) is 32.5. The molecular formula is C28H35FN2O2. The van der Waals surface area contributed by atoms with Gasteiger partial charge in [0.1, 0.15) is 11.9 Å². The number of rotatable bonds is 3. The van der Waals surface area contributed by atoms with Gasteiger partial charge in [0.05, 0.1) is 17.2 Å². The van der Waals surface area contributed by atoms with Crippen LogP contribution in [0.15, 0.2) is 36.1 Å². The lowest BCUT2D eigenvalue weighted by atomic mass is 9.49. The Kier molecular flexibility index (Phi) is 5.46. The Morgan fingerprint density at radius 1 is 1.30 bits per heavy atom. The van der Waals surface area contributed by atoms with Crippen LogP contribution in [0.2, 0.25) is 0 Å². The van der Waals surface area contributed by atoms with Crippen LogP contribution < -0.4 is 0 Å². The van der Waals surface area contributed by atoms with Gasteiger partial charge in [0.15, 0.2) is 0 Å². The number of allylic oxidation sites excluding steroid dienone is 1. The zero-order valence-corrected chi connectivity index (χ0v) is 19.9. The van der Waals surface area contributed by atoms with E-state index in [2.05, 4.69) is 13.8 Å². The molecule has 0 spiro atoms. The molecule has 33 heavy (non-hydrogen) atoms. The quantitative estimate of drug-likeness (QED) is 0.607. The molecule has 2 N–H and O–H groups in total. The molecule has 1 aromatic rings. The van der Waals surface area contributed by atoms with E-state index in [-0.39, 0.29) is 22.8 Å². The fourth-order valence-corrected chi connectivity index (χ4v) is 8.00. The van der Waals surface area contributed by atoms with E-state index in [4.69, 9.17) is 0 Å². The third-order valence-electron chi connectivity index (χ3n) is 9.74. The van der Waals surface area contributed by atoms with E-state index in [1.54, 1.807) is 12.3 Å². The van der Waals surface area contributed by atoms with E-state index >= 15 is 4.39 Å². The smallest absolute Gasteiger partial charge is 0.144 e. The van der Waals surface area contributed by atoms with E-state index in [9.17, 15) is 15.6 Å². The minimum Gasteiger partial charge on any atom is -0.389 e. The molecule has 0 radical (unpaired) electrons. The molecule has 3 aliphatic carbocycles. The largest absolute Gasteiger partial charge is 0.389 e. The molecule has 4 aliphatic rings. The highest BCUT2D eigenvalue weighted by Gasteiger charge is 2.63. The first-order valence-electron chi connectivity index (χ1n) is 12.5. The predicted molar refractivity (Wildman–Crippen MR) is 125 cm³/mol. The van der Waals surface area contributed by atoms with Crippen molar-refractivity contribution in [3.8, 4) is 6.07 Å². The monoisotopic (exact) mass is 450 g/mol. The Labute approximate surface area is 196 Å². The minimum absolute atomic E-state index is 0.0965. The second kappa shape index (κ2) is 7.96. The van der Waals surface area contributed by atoms with Gasteiger partial charge in [-0.25, -0.2) is 4.39 Å². The molecule has 4 unspecified atom stereocenters.